The molecule has 5 aromatic rings. The largest absolute Gasteiger partial charge is 0.388 e. The van der Waals surface area contributed by atoms with Gasteiger partial charge in [-0.3, -0.25) is 23.6 Å². The second-order valence-corrected chi connectivity index (χ2v) is 13.8. The summed E-state index contributed by atoms with van der Waals surface area (Å²) in [5, 5.41) is 16.7. The monoisotopic (exact) mass is 654 g/mol. The van der Waals surface area contributed by atoms with Crippen molar-refractivity contribution in [3.05, 3.63) is 87.8 Å². The molecule has 4 aromatic heterocycles. The van der Waals surface area contributed by atoms with Gasteiger partial charge in [0.05, 0.1) is 33.8 Å². The number of aromatic nitrogens is 6. The molecule has 47 heavy (non-hydrogen) atoms. The maximum Gasteiger partial charge on any atom is 0.282 e. The number of carbonyl (C=O) groups is 2. The number of aryl methyl sites for hydroxylation is 3. The summed E-state index contributed by atoms with van der Waals surface area (Å²) in [7, 11) is 3.71. The highest BCUT2D eigenvalue weighted by Gasteiger charge is 2.42. The SMILES string of the molecule is Cc1nc(C(=O)N2CC[C@@H](C(=O)N3CCC(O)(Cn4cnc5c(ccn5C)c4=O)CC3)[C@H](c3ccccc3)C2)sc1-c1ccnn1C. The van der Waals surface area contributed by atoms with Crippen LogP contribution in [0.15, 0.2) is 66.0 Å². The van der Waals surface area contributed by atoms with Gasteiger partial charge >= 0.3 is 0 Å². The molecule has 0 spiro atoms. The van der Waals surface area contributed by atoms with Crippen LogP contribution in [-0.2, 0) is 25.4 Å². The van der Waals surface area contributed by atoms with Gasteiger partial charge in [0.2, 0.25) is 5.91 Å². The summed E-state index contributed by atoms with van der Waals surface area (Å²) in [5.41, 5.74) is 2.02. The number of carbonyl (C=O) groups excluding carboxylic acids is 2. The van der Waals surface area contributed by atoms with Crippen LogP contribution in [0.2, 0.25) is 0 Å². The van der Waals surface area contributed by atoms with E-state index in [0.29, 0.717) is 61.5 Å². The molecule has 2 aliphatic rings. The number of hydrogen-bond acceptors (Lipinski definition) is 8. The van der Waals surface area contributed by atoms with Crippen LogP contribution in [0.1, 0.15) is 46.2 Å². The Morgan fingerprint density at radius 3 is 2.53 bits per heavy atom. The highest BCUT2D eigenvalue weighted by atomic mass is 32.1. The molecule has 13 heteroatoms. The van der Waals surface area contributed by atoms with Gasteiger partial charge in [0.1, 0.15) is 12.0 Å². The lowest BCUT2D eigenvalue weighted by Crippen LogP contribution is -2.53. The Bertz CT molecular complexity index is 2000. The van der Waals surface area contributed by atoms with Crippen LogP contribution < -0.4 is 5.56 Å². The molecule has 2 aliphatic heterocycles. The zero-order chi connectivity index (χ0) is 32.9. The number of benzene rings is 1. The van der Waals surface area contributed by atoms with E-state index in [1.165, 1.54) is 22.2 Å². The number of rotatable bonds is 6. The average Bonchev–Trinajstić information content (AvgIpc) is 3.80. The minimum atomic E-state index is -1.13. The number of thiazole rings is 1. The van der Waals surface area contributed by atoms with Gasteiger partial charge in [-0.05, 0) is 43.9 Å². The van der Waals surface area contributed by atoms with Crippen molar-refractivity contribution in [3.8, 4) is 10.6 Å². The number of likely N-dealkylation sites (tertiary alicyclic amines) is 2. The van der Waals surface area contributed by atoms with E-state index in [4.69, 9.17) is 0 Å². The average molecular weight is 655 g/mol. The van der Waals surface area contributed by atoms with Crippen molar-refractivity contribution in [2.24, 2.45) is 20.0 Å². The Hall–Kier alpha value is -4.62. The van der Waals surface area contributed by atoms with E-state index in [9.17, 15) is 19.5 Å². The second-order valence-electron chi connectivity index (χ2n) is 12.8. The van der Waals surface area contributed by atoms with E-state index in [2.05, 4.69) is 15.1 Å². The third-order valence-corrected chi connectivity index (χ3v) is 11.0. The zero-order valence-corrected chi connectivity index (χ0v) is 27.6. The van der Waals surface area contributed by atoms with Crippen LogP contribution in [0.4, 0.5) is 0 Å². The molecule has 2 amide bonds. The van der Waals surface area contributed by atoms with E-state index in [1.807, 2.05) is 67.2 Å². The number of nitrogens with zero attached hydrogens (tertiary/aromatic N) is 8. The molecule has 2 atom stereocenters. The summed E-state index contributed by atoms with van der Waals surface area (Å²) in [6.07, 6.45) is 6.26. The van der Waals surface area contributed by atoms with E-state index in [1.54, 1.807) is 27.7 Å². The zero-order valence-electron chi connectivity index (χ0n) is 26.7. The Labute approximate surface area is 275 Å². The third-order valence-electron chi connectivity index (χ3n) is 9.80. The maximum absolute atomic E-state index is 14.1. The number of amides is 2. The Kier molecular flexibility index (Phi) is 8.04. The summed E-state index contributed by atoms with van der Waals surface area (Å²) >= 11 is 1.37. The lowest BCUT2D eigenvalue weighted by Gasteiger charge is -2.43. The van der Waals surface area contributed by atoms with Crippen molar-refractivity contribution in [2.75, 3.05) is 26.2 Å². The lowest BCUT2D eigenvalue weighted by atomic mass is 9.79. The fraction of sp³-hybridized carbons (Fsp3) is 0.412. The predicted octanol–water partition coefficient (Wildman–Crippen LogP) is 3.20. The van der Waals surface area contributed by atoms with Crippen molar-refractivity contribution in [2.45, 2.75) is 44.2 Å². The molecule has 7 rings (SSSR count). The fourth-order valence-electron chi connectivity index (χ4n) is 7.07. The van der Waals surface area contributed by atoms with Crippen LogP contribution in [0.5, 0.6) is 0 Å². The smallest absolute Gasteiger partial charge is 0.282 e. The topological polar surface area (TPSA) is 131 Å². The number of fused-ring (bicyclic) bond motifs is 1. The van der Waals surface area contributed by atoms with Gasteiger partial charge in [0, 0.05) is 64.5 Å². The first-order valence-corrected chi connectivity index (χ1v) is 16.8. The third kappa shape index (κ3) is 5.78. The molecule has 6 heterocycles. The number of aliphatic hydroxyl groups is 1. The maximum atomic E-state index is 14.1. The van der Waals surface area contributed by atoms with E-state index in [0.717, 1.165) is 21.8 Å². The Morgan fingerprint density at radius 2 is 1.81 bits per heavy atom. The normalized spacial score (nSPS) is 19.7. The molecule has 1 N–H and O–H groups in total. The van der Waals surface area contributed by atoms with Crippen LogP contribution >= 0.6 is 11.3 Å². The van der Waals surface area contributed by atoms with Gasteiger partial charge in [-0.25, -0.2) is 9.97 Å². The van der Waals surface area contributed by atoms with Crippen molar-refractivity contribution in [1.82, 2.24) is 38.7 Å². The van der Waals surface area contributed by atoms with Crippen molar-refractivity contribution >= 4 is 34.2 Å². The molecule has 12 nitrogen and oxygen atoms in total. The summed E-state index contributed by atoms with van der Waals surface area (Å²) < 4.78 is 5.05. The van der Waals surface area contributed by atoms with E-state index >= 15 is 0 Å². The summed E-state index contributed by atoms with van der Waals surface area (Å²) in [6.45, 7) is 3.67. The standard InChI is InChI=1S/C34H38N8O4S/c1-22-28(27-9-14-36-39(27)3)47-30(37-22)33(45)41-16-11-24(26(19-41)23-7-5-4-6-8-23)31(43)40-17-12-34(46,13-18-40)20-42-21-35-29-25(32(42)44)10-15-38(29)2/h4-10,14-15,21,24,26,46H,11-13,16-20H2,1-3H3/t24-,26+/m1/s1. The van der Waals surface area contributed by atoms with E-state index in [-0.39, 0.29) is 35.8 Å². The minimum absolute atomic E-state index is 0.0427. The van der Waals surface area contributed by atoms with Crippen LogP contribution in [-0.4, -0.2) is 87.4 Å². The number of hydrogen-bond donors (Lipinski definition) is 1. The Morgan fingerprint density at radius 1 is 1.04 bits per heavy atom. The molecule has 0 aliphatic carbocycles. The minimum Gasteiger partial charge on any atom is -0.388 e. The van der Waals surface area contributed by atoms with Crippen molar-refractivity contribution < 1.29 is 14.7 Å². The highest BCUT2D eigenvalue weighted by molar-refractivity contribution is 7.17. The van der Waals surface area contributed by atoms with Gasteiger partial charge in [0.25, 0.3) is 11.5 Å². The van der Waals surface area contributed by atoms with Crippen molar-refractivity contribution in [3.63, 3.8) is 0 Å². The molecule has 0 unspecified atom stereocenters. The molecule has 244 valence electrons. The number of piperidine rings is 2. The first-order valence-electron chi connectivity index (χ1n) is 15.9. The molecule has 0 radical (unpaired) electrons. The van der Waals surface area contributed by atoms with Crippen LogP contribution in [0, 0.1) is 12.8 Å². The van der Waals surface area contributed by atoms with Crippen LogP contribution in [0.25, 0.3) is 21.6 Å². The fourth-order valence-corrected chi connectivity index (χ4v) is 8.16. The molecule has 2 saturated heterocycles. The summed E-state index contributed by atoms with van der Waals surface area (Å²) in [5.74, 6) is -0.564. The highest BCUT2D eigenvalue weighted by Crippen LogP contribution is 2.37. The van der Waals surface area contributed by atoms with Gasteiger partial charge in [-0.15, -0.1) is 11.3 Å². The summed E-state index contributed by atoms with van der Waals surface area (Å²) in [6, 6.07) is 13.6. The molecule has 2 fully saturated rings. The predicted molar refractivity (Wildman–Crippen MR) is 178 cm³/mol. The van der Waals surface area contributed by atoms with Crippen molar-refractivity contribution in [1.29, 1.82) is 0 Å². The van der Waals surface area contributed by atoms with Gasteiger partial charge < -0.3 is 19.5 Å². The first-order chi connectivity index (χ1) is 22.6. The van der Waals surface area contributed by atoms with Gasteiger partial charge in [-0.1, -0.05) is 30.3 Å². The lowest BCUT2D eigenvalue weighted by molar-refractivity contribution is -0.142. The molecular weight excluding hydrogens is 616 g/mol. The second kappa shape index (κ2) is 12.2. The Balaban J connectivity index is 1.05. The quantitative estimate of drug-likeness (QED) is 0.298. The molecular formula is C34H38N8O4S. The van der Waals surface area contributed by atoms with E-state index < -0.39 is 5.60 Å². The van der Waals surface area contributed by atoms with Crippen LogP contribution in [0.3, 0.4) is 0 Å². The first kappa shape index (κ1) is 31.0. The molecule has 0 saturated carbocycles. The van der Waals surface area contributed by atoms with Gasteiger partial charge in [0.15, 0.2) is 5.01 Å². The van der Waals surface area contributed by atoms with Gasteiger partial charge in [-0.2, -0.15) is 5.10 Å². The molecule has 1 aromatic carbocycles. The summed E-state index contributed by atoms with van der Waals surface area (Å²) in [4.78, 5) is 54.6. The molecule has 0 bridgehead atoms.